The highest BCUT2D eigenvalue weighted by molar-refractivity contribution is 5.86. The van der Waals surface area contributed by atoms with Crippen LogP contribution in [0, 0.1) is 5.92 Å². The Hall–Kier alpha value is -0.560. The van der Waals surface area contributed by atoms with E-state index in [1.807, 2.05) is 6.92 Å². The van der Waals surface area contributed by atoms with Crippen molar-refractivity contribution in [3.63, 3.8) is 0 Å². The first-order valence-corrected chi connectivity index (χ1v) is 10.6. The third-order valence-electron chi connectivity index (χ3n) is 6.45. The minimum absolute atomic E-state index is 0. The molecule has 1 saturated heterocycles. The lowest BCUT2D eigenvalue weighted by Gasteiger charge is -2.37. The van der Waals surface area contributed by atoms with Crippen molar-refractivity contribution in [3.8, 4) is 0 Å². The average Bonchev–Trinajstić information content (AvgIpc) is 2.67. The third kappa shape index (κ3) is 7.85. The fraction of sp³-hybridized carbons (Fsp3) is 0.682. The normalized spacial score (nSPS) is 24.7. The summed E-state index contributed by atoms with van der Waals surface area (Å²) >= 11 is 0. The molecule has 1 aromatic rings. The number of amides is 1. The number of hydrogen-bond acceptors (Lipinski definition) is 4. The van der Waals surface area contributed by atoms with Crippen molar-refractivity contribution in [2.24, 2.45) is 11.7 Å². The van der Waals surface area contributed by atoms with E-state index in [1.54, 1.807) is 0 Å². The minimum Gasteiger partial charge on any atom is -0.352 e. The summed E-state index contributed by atoms with van der Waals surface area (Å²) < 4.78 is 0. The fourth-order valence-corrected chi connectivity index (χ4v) is 4.48. The second-order valence-corrected chi connectivity index (χ2v) is 8.50. The highest BCUT2D eigenvalue weighted by atomic mass is 35.5. The van der Waals surface area contributed by atoms with Gasteiger partial charge in [-0.25, -0.2) is 0 Å². The van der Waals surface area contributed by atoms with E-state index < -0.39 is 0 Å². The van der Waals surface area contributed by atoms with Gasteiger partial charge in [-0.3, -0.25) is 9.69 Å². The molecule has 0 spiro atoms. The van der Waals surface area contributed by atoms with Crippen LogP contribution in [0.3, 0.4) is 0 Å². The van der Waals surface area contributed by atoms with E-state index in [0.29, 0.717) is 6.54 Å². The number of hydrogen-bond donors (Lipinski definition) is 2. The molecule has 1 heterocycles. The van der Waals surface area contributed by atoms with Gasteiger partial charge in [0.25, 0.3) is 0 Å². The van der Waals surface area contributed by atoms with Gasteiger partial charge in [0.2, 0.25) is 5.91 Å². The Bertz CT molecular complexity index is 637. The van der Waals surface area contributed by atoms with Crippen LogP contribution in [0.1, 0.15) is 50.7 Å². The van der Waals surface area contributed by atoms with Crippen LogP contribution in [0.15, 0.2) is 24.3 Å². The molecule has 2 fully saturated rings. The van der Waals surface area contributed by atoms with Gasteiger partial charge in [0.05, 0.1) is 5.92 Å². The second-order valence-electron chi connectivity index (χ2n) is 8.50. The Labute approximate surface area is 200 Å². The summed E-state index contributed by atoms with van der Waals surface area (Å²) in [5, 5.41) is 3.17. The summed E-state index contributed by atoms with van der Waals surface area (Å²) in [7, 11) is 0. The monoisotopic (exact) mass is 480 g/mol. The van der Waals surface area contributed by atoms with Gasteiger partial charge >= 0.3 is 0 Å². The van der Waals surface area contributed by atoms with Gasteiger partial charge in [-0.1, -0.05) is 44.0 Å². The van der Waals surface area contributed by atoms with Crippen molar-refractivity contribution in [2.75, 3.05) is 32.7 Å². The third-order valence-corrected chi connectivity index (χ3v) is 6.45. The lowest BCUT2D eigenvalue weighted by Crippen LogP contribution is -2.52. The van der Waals surface area contributed by atoms with Crippen LogP contribution in [0.5, 0.6) is 0 Å². The van der Waals surface area contributed by atoms with E-state index in [0.717, 1.165) is 65.0 Å². The first kappa shape index (κ1) is 29.4. The molecule has 5 nitrogen and oxygen atoms in total. The molecule has 30 heavy (non-hydrogen) atoms. The zero-order chi connectivity index (χ0) is 19.3. The van der Waals surface area contributed by atoms with Gasteiger partial charge in [0, 0.05) is 44.8 Å². The van der Waals surface area contributed by atoms with Gasteiger partial charge in [-0.15, -0.1) is 37.2 Å². The topological polar surface area (TPSA) is 61.6 Å². The molecule has 1 amide bonds. The number of halogens is 3. The predicted molar refractivity (Wildman–Crippen MR) is 132 cm³/mol. The van der Waals surface area contributed by atoms with Crippen molar-refractivity contribution in [1.29, 1.82) is 0 Å². The van der Waals surface area contributed by atoms with Gasteiger partial charge < -0.3 is 16.0 Å². The Morgan fingerprint density at radius 3 is 2.27 bits per heavy atom. The molecule has 2 atom stereocenters. The molecule has 174 valence electrons. The Morgan fingerprint density at radius 2 is 1.67 bits per heavy atom. The maximum absolute atomic E-state index is 12.8. The molecule has 8 heteroatoms. The number of carbonyl (C=O) groups excluding carboxylic acids is 1. The smallest absolute Gasteiger partial charge is 0.225 e. The van der Waals surface area contributed by atoms with Gasteiger partial charge in [0.1, 0.15) is 0 Å². The van der Waals surface area contributed by atoms with Crippen LogP contribution in [-0.2, 0) is 17.9 Å². The molecule has 1 aliphatic heterocycles. The van der Waals surface area contributed by atoms with Crippen molar-refractivity contribution >= 4 is 43.1 Å². The van der Waals surface area contributed by atoms with Crippen LogP contribution in [0.25, 0.3) is 0 Å². The zero-order valence-corrected chi connectivity index (χ0v) is 20.7. The number of benzene rings is 1. The molecule has 1 saturated carbocycles. The number of nitrogens with one attached hydrogen (secondary N) is 1. The van der Waals surface area contributed by atoms with Gasteiger partial charge in [-0.05, 0) is 37.4 Å². The first-order chi connectivity index (χ1) is 13.0. The minimum atomic E-state index is -0.374. The van der Waals surface area contributed by atoms with Crippen LogP contribution in [-0.4, -0.2) is 54.0 Å². The fourth-order valence-electron chi connectivity index (χ4n) is 4.48. The highest BCUT2D eigenvalue weighted by Gasteiger charge is 2.37. The van der Waals surface area contributed by atoms with Crippen LogP contribution >= 0.6 is 37.2 Å². The highest BCUT2D eigenvalue weighted by Crippen LogP contribution is 2.31. The Kier molecular flexibility index (Phi) is 13.5. The molecule has 1 aromatic carbocycles. The molecule has 0 bridgehead atoms. The molecule has 2 aliphatic rings. The van der Waals surface area contributed by atoms with E-state index >= 15 is 0 Å². The zero-order valence-electron chi connectivity index (χ0n) is 18.3. The lowest BCUT2D eigenvalue weighted by atomic mass is 9.74. The first-order valence-electron chi connectivity index (χ1n) is 10.6. The lowest BCUT2D eigenvalue weighted by molar-refractivity contribution is -0.128. The van der Waals surface area contributed by atoms with Crippen LogP contribution in [0.2, 0.25) is 0 Å². The molecular weight excluding hydrogens is 443 g/mol. The van der Waals surface area contributed by atoms with E-state index in [2.05, 4.69) is 46.3 Å². The summed E-state index contributed by atoms with van der Waals surface area (Å²) in [5.74, 6) is 0.0478. The summed E-state index contributed by atoms with van der Waals surface area (Å²) in [6.45, 7) is 11.5. The summed E-state index contributed by atoms with van der Waals surface area (Å²) in [4.78, 5) is 17.8. The molecule has 3 rings (SSSR count). The maximum atomic E-state index is 12.8. The number of nitrogens with zero attached hydrogens (tertiary/aromatic N) is 2. The van der Waals surface area contributed by atoms with Crippen molar-refractivity contribution in [2.45, 2.75) is 58.2 Å². The number of rotatable bonds is 6. The predicted octanol–water partition coefficient (Wildman–Crippen LogP) is 3.61. The number of carbonyl (C=O) groups is 1. The molecular formula is C22H39Cl3N4O. The Balaban J connectivity index is 0.00000280. The summed E-state index contributed by atoms with van der Waals surface area (Å²) in [6.07, 6.45) is 4.07. The molecule has 2 unspecified atom stereocenters. The SMILES string of the molecule is CCN1CCN(Cc2ccccc2CNC(=O)C2CCCCC2(C)N)CC1.Cl.Cl.Cl. The van der Waals surface area contributed by atoms with E-state index in [4.69, 9.17) is 5.73 Å². The molecule has 3 N–H and O–H groups in total. The second kappa shape index (κ2) is 13.8. The Morgan fingerprint density at radius 1 is 1.07 bits per heavy atom. The molecule has 1 aliphatic carbocycles. The van der Waals surface area contributed by atoms with E-state index in [1.165, 1.54) is 11.1 Å². The van der Waals surface area contributed by atoms with Gasteiger partial charge in [0.15, 0.2) is 0 Å². The number of piperazine rings is 1. The quantitative estimate of drug-likeness (QED) is 0.651. The average molecular weight is 482 g/mol. The molecule has 0 radical (unpaired) electrons. The van der Waals surface area contributed by atoms with Gasteiger partial charge in [-0.2, -0.15) is 0 Å². The maximum Gasteiger partial charge on any atom is 0.225 e. The number of nitrogens with two attached hydrogens (primary N) is 1. The van der Waals surface area contributed by atoms with Crippen LogP contribution < -0.4 is 11.1 Å². The largest absolute Gasteiger partial charge is 0.352 e. The number of likely N-dealkylation sites (N-methyl/N-ethyl adjacent to an activating group) is 1. The van der Waals surface area contributed by atoms with Crippen LogP contribution in [0.4, 0.5) is 0 Å². The summed E-state index contributed by atoms with van der Waals surface area (Å²) in [5.41, 5.74) is 8.56. The van der Waals surface area contributed by atoms with E-state index in [9.17, 15) is 4.79 Å². The van der Waals surface area contributed by atoms with E-state index in [-0.39, 0.29) is 54.6 Å². The van der Waals surface area contributed by atoms with Crippen molar-refractivity contribution in [3.05, 3.63) is 35.4 Å². The van der Waals surface area contributed by atoms with Crippen molar-refractivity contribution in [1.82, 2.24) is 15.1 Å². The summed E-state index contributed by atoms with van der Waals surface area (Å²) in [6, 6.07) is 8.50. The van der Waals surface area contributed by atoms with Crippen molar-refractivity contribution < 1.29 is 4.79 Å². The standard InChI is InChI=1S/C22H36N4O.3ClH/c1-3-25-12-14-26(15-13-25)17-19-9-5-4-8-18(19)16-24-21(27)20-10-6-7-11-22(20,2)23;;;/h4-5,8-9,20H,3,6-7,10-17,23H2,1-2H3,(H,24,27);3*1H. The molecule has 0 aromatic heterocycles.